The Morgan fingerprint density at radius 1 is 1.20 bits per heavy atom. The largest absolute Gasteiger partial charge is 0.313 e. The molecule has 3 unspecified atom stereocenters. The number of hydrogen-bond donors (Lipinski definition) is 1. The molecule has 1 aliphatic rings. The fourth-order valence-corrected chi connectivity index (χ4v) is 4.77. The highest BCUT2D eigenvalue weighted by Gasteiger charge is 2.28. The van der Waals surface area contributed by atoms with Crippen LogP contribution in [-0.4, -0.2) is 22.0 Å². The van der Waals surface area contributed by atoms with Crippen molar-refractivity contribution in [2.24, 2.45) is 0 Å². The molecule has 1 N–H and O–H groups in total. The quantitative estimate of drug-likeness (QED) is 0.797. The van der Waals surface area contributed by atoms with Crippen molar-refractivity contribution in [3.63, 3.8) is 0 Å². The summed E-state index contributed by atoms with van der Waals surface area (Å²) >= 11 is 3.44. The van der Waals surface area contributed by atoms with Gasteiger partial charge in [0.1, 0.15) is 0 Å². The molecule has 1 aromatic rings. The summed E-state index contributed by atoms with van der Waals surface area (Å²) in [5.74, 6) is 0. The van der Waals surface area contributed by atoms with Crippen LogP contribution >= 0.6 is 15.9 Å². The molecule has 20 heavy (non-hydrogen) atoms. The van der Waals surface area contributed by atoms with Crippen LogP contribution in [-0.2, 0) is 10.8 Å². The van der Waals surface area contributed by atoms with Crippen LogP contribution < -0.4 is 5.32 Å². The first-order chi connectivity index (χ1) is 9.72. The van der Waals surface area contributed by atoms with Crippen LogP contribution in [0.2, 0.25) is 0 Å². The molecule has 0 heterocycles. The first-order valence-corrected chi connectivity index (χ1v) is 9.62. The summed E-state index contributed by atoms with van der Waals surface area (Å²) in [6.45, 7) is 3.21. The highest BCUT2D eigenvalue weighted by Crippen LogP contribution is 2.26. The van der Waals surface area contributed by atoms with Gasteiger partial charge in [-0.1, -0.05) is 42.1 Å². The van der Waals surface area contributed by atoms with E-state index in [1.807, 2.05) is 24.3 Å². The molecular formula is C16H24BrNOS. The molecule has 2 rings (SSSR count). The topological polar surface area (TPSA) is 29.1 Å². The maximum atomic E-state index is 12.9. The lowest BCUT2D eigenvalue weighted by Crippen LogP contribution is -2.41. The summed E-state index contributed by atoms with van der Waals surface area (Å²) in [5, 5.41) is 3.88. The summed E-state index contributed by atoms with van der Waals surface area (Å²) in [6.07, 6.45) is 7.11. The molecule has 0 amide bonds. The highest BCUT2D eigenvalue weighted by molar-refractivity contribution is 9.10. The maximum Gasteiger partial charge on any atom is 0.0576 e. The fraction of sp³-hybridized carbons (Fsp3) is 0.625. The summed E-state index contributed by atoms with van der Waals surface area (Å²) < 4.78 is 13.9. The average molecular weight is 358 g/mol. The Kier molecular flexibility index (Phi) is 6.72. The van der Waals surface area contributed by atoms with Gasteiger partial charge in [0.2, 0.25) is 0 Å². The van der Waals surface area contributed by atoms with E-state index >= 15 is 0 Å². The molecule has 4 heteroatoms. The van der Waals surface area contributed by atoms with Crippen LogP contribution in [0.4, 0.5) is 0 Å². The fourth-order valence-electron chi connectivity index (χ4n) is 2.84. The molecule has 1 aromatic carbocycles. The second-order valence-electron chi connectivity index (χ2n) is 5.49. The third kappa shape index (κ3) is 4.40. The third-order valence-corrected chi connectivity index (χ3v) is 6.31. The van der Waals surface area contributed by atoms with Gasteiger partial charge in [0.25, 0.3) is 0 Å². The molecule has 3 atom stereocenters. The van der Waals surface area contributed by atoms with E-state index in [1.54, 1.807) is 0 Å². The predicted octanol–water partition coefficient (Wildman–Crippen LogP) is 4.26. The zero-order valence-electron chi connectivity index (χ0n) is 12.1. The summed E-state index contributed by atoms with van der Waals surface area (Å²) in [7, 11) is -0.906. The minimum Gasteiger partial charge on any atom is -0.313 e. The van der Waals surface area contributed by atoms with E-state index in [1.165, 1.54) is 19.3 Å². The Labute approximate surface area is 133 Å². The Balaban J connectivity index is 2.12. The van der Waals surface area contributed by atoms with Crippen molar-refractivity contribution in [1.82, 2.24) is 5.32 Å². The van der Waals surface area contributed by atoms with Gasteiger partial charge in [0, 0.05) is 15.4 Å². The SMILES string of the molecule is CCCNC1CCCCCC1S(=O)c1ccc(Br)cc1. The zero-order valence-corrected chi connectivity index (χ0v) is 14.5. The van der Waals surface area contributed by atoms with Gasteiger partial charge in [-0.2, -0.15) is 0 Å². The lowest BCUT2D eigenvalue weighted by molar-refractivity contribution is 0.463. The van der Waals surface area contributed by atoms with Gasteiger partial charge >= 0.3 is 0 Å². The zero-order chi connectivity index (χ0) is 14.4. The van der Waals surface area contributed by atoms with E-state index in [0.717, 1.165) is 35.2 Å². The van der Waals surface area contributed by atoms with Crippen molar-refractivity contribution in [2.75, 3.05) is 6.54 Å². The monoisotopic (exact) mass is 357 g/mol. The third-order valence-electron chi connectivity index (χ3n) is 3.93. The van der Waals surface area contributed by atoms with Crippen molar-refractivity contribution < 1.29 is 4.21 Å². The second-order valence-corrected chi connectivity index (χ2v) is 8.08. The first-order valence-electron chi connectivity index (χ1n) is 7.62. The van der Waals surface area contributed by atoms with Crippen LogP contribution in [0.25, 0.3) is 0 Å². The van der Waals surface area contributed by atoms with Gasteiger partial charge in [0.05, 0.1) is 16.0 Å². The standard InChI is InChI=1S/C16H24BrNOS/c1-2-12-18-15-6-4-3-5-7-16(15)20(19)14-10-8-13(17)9-11-14/h8-11,15-16,18H,2-7,12H2,1H3. The van der Waals surface area contributed by atoms with Gasteiger partial charge in [0.15, 0.2) is 0 Å². The Hall–Kier alpha value is -0.190. The van der Waals surface area contributed by atoms with E-state index < -0.39 is 10.8 Å². The van der Waals surface area contributed by atoms with Gasteiger partial charge in [-0.15, -0.1) is 0 Å². The number of nitrogens with one attached hydrogen (secondary N) is 1. The van der Waals surface area contributed by atoms with Gasteiger partial charge < -0.3 is 5.32 Å². The number of hydrogen-bond acceptors (Lipinski definition) is 2. The van der Waals surface area contributed by atoms with Gasteiger partial charge in [-0.05, 0) is 50.1 Å². The highest BCUT2D eigenvalue weighted by atomic mass is 79.9. The normalized spacial score (nSPS) is 25.1. The summed E-state index contributed by atoms with van der Waals surface area (Å²) in [4.78, 5) is 0.961. The molecule has 1 aliphatic carbocycles. The summed E-state index contributed by atoms with van der Waals surface area (Å²) in [6, 6.07) is 8.35. The molecule has 0 aliphatic heterocycles. The van der Waals surface area contributed by atoms with E-state index in [2.05, 4.69) is 28.2 Å². The van der Waals surface area contributed by atoms with E-state index in [9.17, 15) is 4.21 Å². The average Bonchev–Trinajstić information content (AvgIpc) is 2.70. The molecule has 0 spiro atoms. The molecule has 1 saturated carbocycles. The second kappa shape index (κ2) is 8.30. The van der Waals surface area contributed by atoms with Gasteiger partial charge in [-0.25, -0.2) is 0 Å². The van der Waals surface area contributed by atoms with Gasteiger partial charge in [-0.3, -0.25) is 4.21 Å². The minimum absolute atomic E-state index is 0.255. The van der Waals surface area contributed by atoms with Crippen LogP contribution in [0.3, 0.4) is 0 Å². The molecule has 1 fully saturated rings. The van der Waals surface area contributed by atoms with E-state index in [0.29, 0.717) is 6.04 Å². The number of halogens is 1. The molecule has 112 valence electrons. The number of benzene rings is 1. The minimum atomic E-state index is -0.906. The van der Waals surface area contributed by atoms with Crippen molar-refractivity contribution in [3.8, 4) is 0 Å². The molecular weight excluding hydrogens is 334 g/mol. The Bertz CT molecular complexity index is 435. The predicted molar refractivity (Wildman–Crippen MR) is 89.5 cm³/mol. The Morgan fingerprint density at radius 3 is 2.60 bits per heavy atom. The van der Waals surface area contributed by atoms with Crippen molar-refractivity contribution in [2.45, 2.75) is 61.6 Å². The first kappa shape index (κ1) is 16.2. The van der Waals surface area contributed by atoms with Crippen LogP contribution in [0, 0.1) is 0 Å². The van der Waals surface area contributed by atoms with Crippen molar-refractivity contribution in [3.05, 3.63) is 28.7 Å². The maximum absolute atomic E-state index is 12.9. The number of rotatable bonds is 5. The lowest BCUT2D eigenvalue weighted by atomic mass is 10.1. The van der Waals surface area contributed by atoms with Crippen LogP contribution in [0.5, 0.6) is 0 Å². The molecule has 0 radical (unpaired) electrons. The van der Waals surface area contributed by atoms with Crippen molar-refractivity contribution >= 4 is 26.7 Å². The summed E-state index contributed by atoms with van der Waals surface area (Å²) in [5.41, 5.74) is 0. The van der Waals surface area contributed by atoms with E-state index in [4.69, 9.17) is 0 Å². The Morgan fingerprint density at radius 2 is 1.90 bits per heavy atom. The molecule has 0 aromatic heterocycles. The van der Waals surface area contributed by atoms with Crippen LogP contribution in [0.1, 0.15) is 45.4 Å². The van der Waals surface area contributed by atoms with E-state index in [-0.39, 0.29) is 5.25 Å². The van der Waals surface area contributed by atoms with Crippen LogP contribution in [0.15, 0.2) is 33.6 Å². The van der Waals surface area contributed by atoms with Crippen molar-refractivity contribution in [1.29, 1.82) is 0 Å². The molecule has 0 saturated heterocycles. The smallest absolute Gasteiger partial charge is 0.0576 e. The molecule has 2 nitrogen and oxygen atoms in total. The lowest BCUT2D eigenvalue weighted by Gasteiger charge is -2.25. The molecule has 0 bridgehead atoms.